The summed E-state index contributed by atoms with van der Waals surface area (Å²) in [6, 6.07) is 0.606. The molecule has 0 aromatic heterocycles. The van der Waals surface area contributed by atoms with E-state index in [2.05, 4.69) is 39.9 Å². The van der Waals surface area contributed by atoms with E-state index >= 15 is 0 Å². The molecule has 84 valence electrons. The van der Waals surface area contributed by atoms with Gasteiger partial charge >= 0.3 is 0 Å². The Labute approximate surface area is 88.4 Å². The fourth-order valence-electron chi connectivity index (χ4n) is 2.20. The van der Waals surface area contributed by atoms with Crippen LogP contribution in [-0.2, 0) is 4.74 Å². The molecular weight excluding hydrogens is 174 g/mol. The van der Waals surface area contributed by atoms with E-state index in [1.165, 1.54) is 0 Å². The molecule has 0 spiro atoms. The Kier molecular flexibility index (Phi) is 3.27. The highest BCUT2D eigenvalue weighted by Crippen LogP contribution is 2.51. The van der Waals surface area contributed by atoms with Crippen molar-refractivity contribution in [3.63, 3.8) is 0 Å². The number of rotatable bonds is 4. The minimum Gasteiger partial charge on any atom is -0.378 e. The smallest absolute Gasteiger partial charge is 0.0731 e. The first-order valence-electron chi connectivity index (χ1n) is 5.62. The average molecular weight is 199 g/mol. The molecule has 0 aromatic rings. The lowest BCUT2D eigenvalue weighted by Crippen LogP contribution is -2.68. The van der Waals surface area contributed by atoms with Gasteiger partial charge in [0, 0.05) is 18.6 Å². The molecule has 2 heteroatoms. The van der Waals surface area contributed by atoms with Crippen LogP contribution in [0.4, 0.5) is 0 Å². The van der Waals surface area contributed by atoms with Gasteiger partial charge < -0.3 is 10.1 Å². The number of hydrogen-bond donors (Lipinski definition) is 1. The summed E-state index contributed by atoms with van der Waals surface area (Å²) in [5, 5.41) is 3.62. The normalized spacial score (nSPS) is 35.8. The second-order valence-electron chi connectivity index (χ2n) is 5.72. The van der Waals surface area contributed by atoms with Crippen molar-refractivity contribution in [2.24, 2.45) is 11.3 Å². The van der Waals surface area contributed by atoms with Crippen LogP contribution in [0.5, 0.6) is 0 Å². The van der Waals surface area contributed by atoms with E-state index < -0.39 is 0 Å². The maximum absolute atomic E-state index is 5.59. The number of nitrogens with one attached hydrogen (secondary N) is 1. The Hall–Kier alpha value is -0.0800. The van der Waals surface area contributed by atoms with E-state index in [1.807, 2.05) is 7.11 Å². The molecule has 0 bridgehead atoms. The monoisotopic (exact) mass is 199 g/mol. The van der Waals surface area contributed by atoms with Crippen molar-refractivity contribution in [2.75, 3.05) is 13.7 Å². The maximum Gasteiger partial charge on any atom is 0.0731 e. The summed E-state index contributed by atoms with van der Waals surface area (Å²) in [5.41, 5.74) is 0.304. The van der Waals surface area contributed by atoms with Gasteiger partial charge in [0.1, 0.15) is 0 Å². The molecule has 1 aliphatic rings. The summed E-state index contributed by atoms with van der Waals surface area (Å²) < 4.78 is 5.59. The molecule has 0 aromatic carbocycles. The highest BCUT2D eigenvalue weighted by molar-refractivity contribution is 5.11. The lowest BCUT2D eigenvalue weighted by atomic mass is 9.56. The van der Waals surface area contributed by atoms with Gasteiger partial charge in [0.05, 0.1) is 5.60 Å². The van der Waals surface area contributed by atoms with Gasteiger partial charge in [-0.05, 0) is 25.8 Å². The zero-order chi connectivity index (χ0) is 11.0. The molecule has 2 unspecified atom stereocenters. The van der Waals surface area contributed by atoms with Gasteiger partial charge in [-0.2, -0.15) is 0 Å². The Morgan fingerprint density at radius 1 is 1.36 bits per heavy atom. The van der Waals surface area contributed by atoms with E-state index in [0.717, 1.165) is 18.9 Å². The molecule has 0 heterocycles. The first-order chi connectivity index (χ1) is 6.33. The topological polar surface area (TPSA) is 21.3 Å². The Bertz CT molecular complexity index is 200. The van der Waals surface area contributed by atoms with Gasteiger partial charge in [0.15, 0.2) is 0 Å². The van der Waals surface area contributed by atoms with E-state index in [0.29, 0.717) is 6.04 Å². The van der Waals surface area contributed by atoms with Crippen LogP contribution in [0.2, 0.25) is 0 Å². The average Bonchev–Trinajstić information content (AvgIpc) is 2.11. The molecule has 1 saturated carbocycles. The summed E-state index contributed by atoms with van der Waals surface area (Å²) >= 11 is 0. The zero-order valence-corrected chi connectivity index (χ0v) is 10.5. The summed E-state index contributed by atoms with van der Waals surface area (Å²) in [6.45, 7) is 12.4. The van der Waals surface area contributed by atoms with Crippen molar-refractivity contribution in [3.05, 3.63) is 0 Å². The van der Waals surface area contributed by atoms with Crippen molar-refractivity contribution < 1.29 is 4.74 Å². The molecule has 0 amide bonds. The first-order valence-corrected chi connectivity index (χ1v) is 5.62. The molecule has 2 atom stereocenters. The second kappa shape index (κ2) is 3.82. The van der Waals surface area contributed by atoms with Crippen LogP contribution in [0.1, 0.15) is 41.0 Å². The van der Waals surface area contributed by atoms with E-state index in [9.17, 15) is 0 Å². The second-order valence-corrected chi connectivity index (χ2v) is 5.72. The van der Waals surface area contributed by atoms with E-state index in [-0.39, 0.29) is 11.0 Å². The highest BCUT2D eigenvalue weighted by atomic mass is 16.5. The van der Waals surface area contributed by atoms with Gasteiger partial charge in [-0.15, -0.1) is 0 Å². The predicted molar refractivity (Wildman–Crippen MR) is 60.4 cm³/mol. The Balaban J connectivity index is 2.47. The van der Waals surface area contributed by atoms with Crippen LogP contribution in [0.3, 0.4) is 0 Å². The van der Waals surface area contributed by atoms with Gasteiger partial charge in [-0.1, -0.05) is 27.7 Å². The minimum absolute atomic E-state index is 0.0572. The van der Waals surface area contributed by atoms with Gasteiger partial charge in [-0.25, -0.2) is 0 Å². The van der Waals surface area contributed by atoms with E-state index in [4.69, 9.17) is 4.74 Å². The van der Waals surface area contributed by atoms with Crippen molar-refractivity contribution in [1.82, 2.24) is 5.32 Å². The fourth-order valence-corrected chi connectivity index (χ4v) is 2.20. The zero-order valence-electron chi connectivity index (χ0n) is 10.5. The van der Waals surface area contributed by atoms with Crippen molar-refractivity contribution in [3.8, 4) is 0 Å². The van der Waals surface area contributed by atoms with Crippen molar-refractivity contribution in [1.29, 1.82) is 0 Å². The maximum atomic E-state index is 5.59. The largest absolute Gasteiger partial charge is 0.378 e. The Morgan fingerprint density at radius 2 is 1.93 bits per heavy atom. The first kappa shape index (κ1) is 12.0. The van der Waals surface area contributed by atoms with Gasteiger partial charge in [-0.3, -0.25) is 0 Å². The molecule has 14 heavy (non-hydrogen) atoms. The lowest BCUT2D eigenvalue weighted by molar-refractivity contribution is -0.180. The quantitative estimate of drug-likeness (QED) is 0.751. The van der Waals surface area contributed by atoms with Crippen LogP contribution < -0.4 is 5.32 Å². The molecule has 2 nitrogen and oxygen atoms in total. The molecule has 1 fully saturated rings. The molecule has 1 N–H and O–H groups in total. The molecule has 0 aliphatic heterocycles. The highest BCUT2D eigenvalue weighted by Gasteiger charge is 2.57. The standard InChI is InChI=1S/C12H25NO/c1-9(2)8-13-10-7-12(5,14-6)11(10,3)4/h9-10,13H,7-8H2,1-6H3. The summed E-state index contributed by atoms with van der Waals surface area (Å²) in [5.74, 6) is 0.722. The Morgan fingerprint density at radius 3 is 2.29 bits per heavy atom. The van der Waals surface area contributed by atoms with Crippen molar-refractivity contribution >= 4 is 0 Å². The molecule has 1 aliphatic carbocycles. The third-order valence-corrected chi connectivity index (χ3v) is 4.05. The van der Waals surface area contributed by atoms with Crippen LogP contribution in [-0.4, -0.2) is 25.3 Å². The lowest BCUT2D eigenvalue weighted by Gasteiger charge is -2.59. The van der Waals surface area contributed by atoms with Crippen LogP contribution in [0.25, 0.3) is 0 Å². The van der Waals surface area contributed by atoms with Crippen LogP contribution in [0.15, 0.2) is 0 Å². The fraction of sp³-hybridized carbons (Fsp3) is 1.00. The molecule has 0 saturated heterocycles. The van der Waals surface area contributed by atoms with Crippen LogP contribution in [0, 0.1) is 11.3 Å². The number of hydrogen-bond acceptors (Lipinski definition) is 2. The minimum atomic E-state index is 0.0572. The van der Waals surface area contributed by atoms with Gasteiger partial charge in [0.2, 0.25) is 0 Å². The third kappa shape index (κ3) is 1.82. The summed E-state index contributed by atoms with van der Waals surface area (Å²) in [7, 11) is 1.82. The summed E-state index contributed by atoms with van der Waals surface area (Å²) in [4.78, 5) is 0. The van der Waals surface area contributed by atoms with E-state index in [1.54, 1.807) is 0 Å². The third-order valence-electron chi connectivity index (χ3n) is 4.05. The summed E-state index contributed by atoms with van der Waals surface area (Å²) in [6.07, 6.45) is 1.13. The molecule has 0 radical (unpaired) electrons. The van der Waals surface area contributed by atoms with Crippen molar-refractivity contribution in [2.45, 2.75) is 52.7 Å². The molecule has 1 rings (SSSR count). The molecular formula is C12H25NO. The number of methoxy groups -OCH3 is 1. The van der Waals surface area contributed by atoms with Crippen LogP contribution >= 0.6 is 0 Å². The number of ether oxygens (including phenoxy) is 1. The van der Waals surface area contributed by atoms with Gasteiger partial charge in [0.25, 0.3) is 0 Å². The predicted octanol–water partition coefficient (Wildman–Crippen LogP) is 2.44. The SMILES string of the molecule is COC1(C)CC(NCC(C)C)C1(C)C.